The van der Waals surface area contributed by atoms with E-state index in [1.807, 2.05) is 0 Å². The Morgan fingerprint density at radius 3 is 2.30 bits per heavy atom. The summed E-state index contributed by atoms with van der Waals surface area (Å²) in [4.78, 5) is 11.8. The fourth-order valence-electron chi connectivity index (χ4n) is 2.34. The van der Waals surface area contributed by atoms with Crippen LogP contribution in [-0.4, -0.2) is 29.1 Å². The lowest BCUT2D eigenvalue weighted by Gasteiger charge is -2.29. The van der Waals surface area contributed by atoms with Crippen LogP contribution in [0.3, 0.4) is 0 Å². The molecule has 0 unspecified atom stereocenters. The fraction of sp³-hybridized carbons (Fsp3) is 0.750. The Balaban J connectivity index is 3.22. The average molecular weight is 278 g/mol. The van der Waals surface area contributed by atoms with Gasteiger partial charge in [-0.05, 0) is 40.5 Å². The van der Waals surface area contributed by atoms with E-state index in [1.165, 1.54) is 0 Å². The maximum absolute atomic E-state index is 4.80. The molecule has 1 rings (SSSR count). The van der Waals surface area contributed by atoms with Gasteiger partial charge >= 0.3 is 0 Å². The van der Waals surface area contributed by atoms with E-state index >= 15 is 0 Å². The van der Waals surface area contributed by atoms with Crippen LogP contribution in [0.4, 0.5) is 11.6 Å². The van der Waals surface area contributed by atoms with E-state index in [-0.39, 0.29) is 0 Å². The minimum Gasteiger partial charge on any atom is -0.370 e. The zero-order valence-corrected chi connectivity index (χ0v) is 14.0. The molecule has 4 nitrogen and oxygen atoms in total. The molecule has 0 aliphatic rings. The number of aromatic nitrogens is 2. The van der Waals surface area contributed by atoms with Crippen molar-refractivity contribution < 1.29 is 0 Å². The second-order valence-electron chi connectivity index (χ2n) is 5.49. The van der Waals surface area contributed by atoms with E-state index in [0.29, 0.717) is 6.04 Å². The third kappa shape index (κ3) is 4.09. The Morgan fingerprint density at radius 2 is 1.80 bits per heavy atom. The van der Waals surface area contributed by atoms with Crippen LogP contribution in [0.5, 0.6) is 0 Å². The summed E-state index contributed by atoms with van der Waals surface area (Å²) in [6, 6.07) is 0.446. The quantitative estimate of drug-likeness (QED) is 0.785. The highest BCUT2D eigenvalue weighted by molar-refractivity contribution is 5.59. The minimum absolute atomic E-state index is 0.446. The van der Waals surface area contributed by atoms with Crippen molar-refractivity contribution in [3.05, 3.63) is 11.4 Å². The van der Waals surface area contributed by atoms with Gasteiger partial charge in [0.2, 0.25) is 0 Å². The van der Waals surface area contributed by atoms with Gasteiger partial charge in [0.05, 0.1) is 0 Å². The molecule has 20 heavy (non-hydrogen) atoms. The second kappa shape index (κ2) is 8.08. The Bertz CT molecular complexity index is 415. The summed E-state index contributed by atoms with van der Waals surface area (Å²) >= 11 is 0. The van der Waals surface area contributed by atoms with Gasteiger partial charge in [0.15, 0.2) is 0 Å². The molecule has 0 bridgehead atoms. The van der Waals surface area contributed by atoms with Crippen LogP contribution in [0.15, 0.2) is 0 Å². The van der Waals surface area contributed by atoms with Crippen LogP contribution in [0, 0.1) is 6.92 Å². The van der Waals surface area contributed by atoms with Crippen molar-refractivity contribution in [3.8, 4) is 0 Å². The molecule has 1 N–H and O–H groups in total. The lowest BCUT2D eigenvalue weighted by Crippen LogP contribution is -2.32. The van der Waals surface area contributed by atoms with Gasteiger partial charge in [-0.1, -0.05) is 13.8 Å². The van der Waals surface area contributed by atoms with Crippen molar-refractivity contribution in [2.24, 2.45) is 0 Å². The summed E-state index contributed by atoms with van der Waals surface area (Å²) in [7, 11) is 0. The van der Waals surface area contributed by atoms with Crippen molar-refractivity contribution in [2.45, 2.75) is 66.8 Å². The number of nitrogens with zero attached hydrogens (tertiary/aromatic N) is 3. The molecule has 1 heterocycles. The molecular weight excluding hydrogens is 248 g/mol. The number of anilines is 2. The Labute approximate surface area is 124 Å². The van der Waals surface area contributed by atoms with Crippen LogP contribution in [0.25, 0.3) is 0 Å². The van der Waals surface area contributed by atoms with E-state index in [4.69, 9.17) is 4.98 Å². The largest absolute Gasteiger partial charge is 0.370 e. The highest BCUT2D eigenvalue weighted by Gasteiger charge is 2.17. The number of aryl methyl sites for hydroxylation is 1. The SMILES string of the molecule is CCCNc1nc(CCC)nc(N(CC)C(C)C)c1C. The third-order valence-electron chi connectivity index (χ3n) is 3.42. The predicted molar refractivity (Wildman–Crippen MR) is 87.7 cm³/mol. The molecule has 0 aromatic carbocycles. The Hall–Kier alpha value is -1.32. The van der Waals surface area contributed by atoms with Crippen LogP contribution >= 0.6 is 0 Å². The molecule has 0 amide bonds. The topological polar surface area (TPSA) is 41.1 Å². The van der Waals surface area contributed by atoms with Gasteiger partial charge in [-0.2, -0.15) is 0 Å². The molecular formula is C16H30N4. The highest BCUT2D eigenvalue weighted by Crippen LogP contribution is 2.25. The smallest absolute Gasteiger partial charge is 0.137 e. The first kappa shape index (κ1) is 16.7. The van der Waals surface area contributed by atoms with Crippen molar-refractivity contribution in [3.63, 3.8) is 0 Å². The molecule has 114 valence electrons. The van der Waals surface area contributed by atoms with E-state index in [1.54, 1.807) is 0 Å². The first-order valence-electron chi connectivity index (χ1n) is 7.93. The van der Waals surface area contributed by atoms with Gasteiger partial charge in [-0.3, -0.25) is 0 Å². The van der Waals surface area contributed by atoms with Crippen molar-refractivity contribution >= 4 is 11.6 Å². The van der Waals surface area contributed by atoms with Gasteiger partial charge in [0.25, 0.3) is 0 Å². The van der Waals surface area contributed by atoms with Crippen molar-refractivity contribution in [1.29, 1.82) is 0 Å². The zero-order valence-electron chi connectivity index (χ0n) is 14.0. The highest BCUT2D eigenvalue weighted by atomic mass is 15.2. The zero-order chi connectivity index (χ0) is 15.1. The third-order valence-corrected chi connectivity index (χ3v) is 3.42. The van der Waals surface area contributed by atoms with E-state index < -0.39 is 0 Å². The first-order valence-corrected chi connectivity index (χ1v) is 7.93. The monoisotopic (exact) mass is 278 g/mol. The van der Waals surface area contributed by atoms with Gasteiger partial charge in [-0.15, -0.1) is 0 Å². The van der Waals surface area contributed by atoms with Crippen LogP contribution in [0.1, 0.15) is 58.8 Å². The maximum Gasteiger partial charge on any atom is 0.137 e. The van der Waals surface area contributed by atoms with E-state index in [0.717, 1.165) is 55.4 Å². The molecule has 0 aliphatic heterocycles. The van der Waals surface area contributed by atoms with Gasteiger partial charge < -0.3 is 10.2 Å². The van der Waals surface area contributed by atoms with Crippen molar-refractivity contribution in [2.75, 3.05) is 23.3 Å². The van der Waals surface area contributed by atoms with E-state index in [2.05, 4.69) is 56.7 Å². The number of nitrogens with one attached hydrogen (secondary N) is 1. The maximum atomic E-state index is 4.80. The molecule has 0 radical (unpaired) electrons. The first-order chi connectivity index (χ1) is 9.54. The van der Waals surface area contributed by atoms with Gasteiger partial charge in [0.1, 0.15) is 17.5 Å². The summed E-state index contributed by atoms with van der Waals surface area (Å²) in [5, 5.41) is 3.44. The van der Waals surface area contributed by atoms with Crippen LogP contribution < -0.4 is 10.2 Å². The average Bonchev–Trinajstić information content (AvgIpc) is 2.41. The molecule has 1 aromatic heterocycles. The minimum atomic E-state index is 0.446. The Kier molecular flexibility index (Phi) is 6.76. The summed E-state index contributed by atoms with van der Waals surface area (Å²) in [6.07, 6.45) is 3.11. The molecule has 0 atom stereocenters. The predicted octanol–water partition coefficient (Wildman–Crippen LogP) is 3.79. The second-order valence-corrected chi connectivity index (χ2v) is 5.49. The summed E-state index contributed by atoms with van der Waals surface area (Å²) in [5.41, 5.74) is 1.16. The standard InChI is InChI=1S/C16H30N4/c1-7-10-14-18-15(17-11-8-2)13(6)16(19-14)20(9-3)12(4)5/h12H,7-11H2,1-6H3,(H,17,18,19). The van der Waals surface area contributed by atoms with Crippen molar-refractivity contribution in [1.82, 2.24) is 9.97 Å². The molecule has 4 heteroatoms. The lowest BCUT2D eigenvalue weighted by molar-refractivity contribution is 0.683. The van der Waals surface area contributed by atoms with E-state index in [9.17, 15) is 0 Å². The van der Waals surface area contributed by atoms with Crippen LogP contribution in [0.2, 0.25) is 0 Å². The molecule has 0 saturated heterocycles. The number of hydrogen-bond donors (Lipinski definition) is 1. The van der Waals surface area contributed by atoms with Gasteiger partial charge in [0, 0.05) is 31.1 Å². The lowest BCUT2D eigenvalue weighted by atomic mass is 10.2. The molecule has 0 saturated carbocycles. The summed E-state index contributed by atoms with van der Waals surface area (Å²) in [6.45, 7) is 15.0. The molecule has 1 aromatic rings. The molecule has 0 aliphatic carbocycles. The summed E-state index contributed by atoms with van der Waals surface area (Å²) in [5.74, 6) is 3.03. The Morgan fingerprint density at radius 1 is 1.10 bits per heavy atom. The normalized spacial score (nSPS) is 10.9. The molecule has 0 spiro atoms. The molecule has 0 fully saturated rings. The van der Waals surface area contributed by atoms with Gasteiger partial charge in [-0.25, -0.2) is 9.97 Å². The fourth-order valence-corrected chi connectivity index (χ4v) is 2.34. The summed E-state index contributed by atoms with van der Waals surface area (Å²) < 4.78 is 0. The van der Waals surface area contributed by atoms with Crippen LogP contribution in [-0.2, 0) is 6.42 Å². The number of rotatable bonds is 8. The number of hydrogen-bond acceptors (Lipinski definition) is 4.